The highest BCUT2D eigenvalue weighted by Crippen LogP contribution is 2.21. The van der Waals surface area contributed by atoms with Crippen molar-refractivity contribution >= 4 is 10.8 Å². The Hall–Kier alpha value is -1.34. The smallest absolute Gasteiger partial charge is 0.0580 e. The molecule has 0 aliphatic heterocycles. The monoisotopic (exact) mass is 256 g/mol. The molecule has 2 aromatic carbocycles. The predicted octanol–water partition coefficient (Wildman–Crippen LogP) is 4.71. The summed E-state index contributed by atoms with van der Waals surface area (Å²) >= 11 is 0. The highest BCUT2D eigenvalue weighted by molar-refractivity contribution is 5.85. The van der Waals surface area contributed by atoms with Crippen molar-refractivity contribution in [1.82, 2.24) is 0 Å². The molecule has 0 saturated carbocycles. The lowest BCUT2D eigenvalue weighted by atomic mass is 9.97. The normalized spacial score (nSPS) is 12.7. The minimum Gasteiger partial charge on any atom is -0.393 e. The third-order valence-electron chi connectivity index (χ3n) is 3.73. The van der Waals surface area contributed by atoms with Crippen LogP contribution in [0.15, 0.2) is 42.5 Å². The van der Waals surface area contributed by atoms with Gasteiger partial charge in [0.2, 0.25) is 0 Å². The summed E-state index contributed by atoms with van der Waals surface area (Å²) < 4.78 is 0. The molecule has 2 aromatic rings. The molecule has 0 aliphatic carbocycles. The first-order valence-electron chi connectivity index (χ1n) is 7.46. The van der Waals surface area contributed by atoms with Crippen molar-refractivity contribution in [2.75, 3.05) is 0 Å². The van der Waals surface area contributed by atoms with Crippen LogP contribution in [0.3, 0.4) is 0 Å². The van der Waals surface area contributed by atoms with Crippen molar-refractivity contribution in [2.45, 2.75) is 51.6 Å². The molecule has 1 nitrogen and oxygen atoms in total. The Bertz CT molecular complexity index is 499. The van der Waals surface area contributed by atoms with E-state index in [4.69, 9.17) is 0 Å². The Morgan fingerprint density at radius 2 is 1.74 bits per heavy atom. The molecule has 0 amide bonds. The lowest BCUT2D eigenvalue weighted by Gasteiger charge is -2.12. The number of fused-ring (bicyclic) bond motifs is 1. The molecule has 0 aromatic heterocycles. The zero-order valence-electron chi connectivity index (χ0n) is 11.8. The first-order valence-corrected chi connectivity index (χ1v) is 7.46. The fraction of sp³-hybridized carbons (Fsp3) is 0.444. The molecular weight excluding hydrogens is 232 g/mol. The molecule has 1 unspecified atom stereocenters. The quantitative estimate of drug-likeness (QED) is 0.711. The number of unbranched alkanes of at least 4 members (excludes halogenated alkanes) is 3. The minimum atomic E-state index is -0.206. The van der Waals surface area contributed by atoms with Crippen LogP contribution >= 0.6 is 0 Å². The number of benzene rings is 2. The van der Waals surface area contributed by atoms with Crippen molar-refractivity contribution in [1.29, 1.82) is 0 Å². The van der Waals surface area contributed by atoms with Gasteiger partial charge in [-0.05, 0) is 29.2 Å². The van der Waals surface area contributed by atoms with E-state index in [0.29, 0.717) is 0 Å². The first kappa shape index (κ1) is 14.1. The van der Waals surface area contributed by atoms with Gasteiger partial charge in [-0.2, -0.15) is 0 Å². The molecule has 2 rings (SSSR count). The number of hydrogen-bond acceptors (Lipinski definition) is 1. The third-order valence-corrected chi connectivity index (χ3v) is 3.73. The van der Waals surface area contributed by atoms with Crippen molar-refractivity contribution in [3.8, 4) is 0 Å². The third kappa shape index (κ3) is 4.07. The number of rotatable bonds is 7. The lowest BCUT2D eigenvalue weighted by molar-refractivity contribution is 0.161. The maximum atomic E-state index is 10.2. The predicted molar refractivity (Wildman–Crippen MR) is 82.4 cm³/mol. The van der Waals surface area contributed by atoms with Gasteiger partial charge in [-0.25, -0.2) is 0 Å². The fourth-order valence-corrected chi connectivity index (χ4v) is 2.63. The zero-order chi connectivity index (χ0) is 13.5. The summed E-state index contributed by atoms with van der Waals surface area (Å²) in [5, 5.41) is 12.7. The van der Waals surface area contributed by atoms with Gasteiger partial charge in [0.05, 0.1) is 6.10 Å². The molecule has 19 heavy (non-hydrogen) atoms. The molecule has 0 bridgehead atoms. The van der Waals surface area contributed by atoms with Crippen LogP contribution in [0.4, 0.5) is 0 Å². The van der Waals surface area contributed by atoms with Crippen LogP contribution in [0.25, 0.3) is 10.8 Å². The molecule has 0 fully saturated rings. The largest absolute Gasteiger partial charge is 0.393 e. The van der Waals surface area contributed by atoms with E-state index in [2.05, 4.69) is 49.4 Å². The average molecular weight is 256 g/mol. The summed E-state index contributed by atoms with van der Waals surface area (Å²) in [7, 11) is 0. The summed E-state index contributed by atoms with van der Waals surface area (Å²) in [5.74, 6) is 0. The summed E-state index contributed by atoms with van der Waals surface area (Å²) in [6.07, 6.45) is 6.39. The summed E-state index contributed by atoms with van der Waals surface area (Å²) in [4.78, 5) is 0. The molecule has 0 heterocycles. The van der Waals surface area contributed by atoms with Crippen LogP contribution in [-0.2, 0) is 6.42 Å². The van der Waals surface area contributed by atoms with E-state index in [1.165, 1.54) is 35.6 Å². The topological polar surface area (TPSA) is 20.2 Å². The zero-order valence-corrected chi connectivity index (χ0v) is 11.8. The Morgan fingerprint density at radius 1 is 0.947 bits per heavy atom. The molecule has 102 valence electrons. The molecule has 1 atom stereocenters. The van der Waals surface area contributed by atoms with E-state index in [1.807, 2.05) is 0 Å². The van der Waals surface area contributed by atoms with Crippen molar-refractivity contribution in [2.24, 2.45) is 0 Å². The van der Waals surface area contributed by atoms with E-state index in [0.717, 1.165) is 19.3 Å². The van der Waals surface area contributed by atoms with E-state index < -0.39 is 0 Å². The second-order valence-electron chi connectivity index (χ2n) is 5.35. The minimum absolute atomic E-state index is 0.206. The van der Waals surface area contributed by atoms with Gasteiger partial charge < -0.3 is 5.11 Å². The molecule has 0 spiro atoms. The van der Waals surface area contributed by atoms with Crippen LogP contribution in [0, 0.1) is 0 Å². The molecule has 1 N–H and O–H groups in total. The Balaban J connectivity index is 1.97. The van der Waals surface area contributed by atoms with Crippen LogP contribution in [0.2, 0.25) is 0 Å². The van der Waals surface area contributed by atoms with Gasteiger partial charge in [0, 0.05) is 0 Å². The van der Waals surface area contributed by atoms with Crippen molar-refractivity contribution in [3.05, 3.63) is 48.0 Å². The molecule has 0 aliphatic rings. The van der Waals surface area contributed by atoms with E-state index >= 15 is 0 Å². The van der Waals surface area contributed by atoms with Crippen molar-refractivity contribution in [3.63, 3.8) is 0 Å². The number of hydrogen-bond donors (Lipinski definition) is 1. The van der Waals surface area contributed by atoms with Gasteiger partial charge in [-0.15, -0.1) is 0 Å². The second kappa shape index (κ2) is 7.30. The Kier molecular flexibility index (Phi) is 5.41. The lowest BCUT2D eigenvalue weighted by Crippen LogP contribution is -2.10. The maximum Gasteiger partial charge on any atom is 0.0580 e. The van der Waals surface area contributed by atoms with E-state index in [1.54, 1.807) is 0 Å². The van der Waals surface area contributed by atoms with Crippen LogP contribution in [0.1, 0.15) is 44.6 Å². The Labute approximate surface area is 116 Å². The van der Waals surface area contributed by atoms with Gasteiger partial charge in [0.1, 0.15) is 0 Å². The average Bonchev–Trinajstić information content (AvgIpc) is 2.44. The molecule has 0 radical (unpaired) electrons. The number of aliphatic hydroxyl groups excluding tert-OH is 1. The van der Waals surface area contributed by atoms with Gasteiger partial charge in [-0.1, -0.05) is 75.1 Å². The second-order valence-corrected chi connectivity index (χ2v) is 5.35. The molecule has 1 heteroatoms. The highest BCUT2D eigenvalue weighted by Gasteiger charge is 2.07. The van der Waals surface area contributed by atoms with Gasteiger partial charge in [-0.3, -0.25) is 0 Å². The first-order chi connectivity index (χ1) is 9.31. The van der Waals surface area contributed by atoms with Gasteiger partial charge in [0.15, 0.2) is 0 Å². The van der Waals surface area contributed by atoms with Gasteiger partial charge >= 0.3 is 0 Å². The summed E-state index contributed by atoms with van der Waals surface area (Å²) in [5.41, 5.74) is 1.26. The number of aliphatic hydroxyl groups is 1. The molecule has 0 saturated heterocycles. The summed E-state index contributed by atoms with van der Waals surface area (Å²) in [6, 6.07) is 14.8. The van der Waals surface area contributed by atoms with Gasteiger partial charge in [0.25, 0.3) is 0 Å². The Morgan fingerprint density at radius 3 is 2.58 bits per heavy atom. The maximum absolute atomic E-state index is 10.2. The van der Waals surface area contributed by atoms with E-state index in [-0.39, 0.29) is 6.10 Å². The fourth-order valence-electron chi connectivity index (χ4n) is 2.63. The van der Waals surface area contributed by atoms with E-state index in [9.17, 15) is 5.11 Å². The van der Waals surface area contributed by atoms with Crippen molar-refractivity contribution < 1.29 is 5.11 Å². The van der Waals surface area contributed by atoms with Crippen LogP contribution in [-0.4, -0.2) is 11.2 Å². The standard InChI is InChI=1S/C18H24O/c1-2-3-4-5-12-17(19)14-16-11-8-10-15-9-6-7-13-18(15)16/h6-11,13,17,19H,2-5,12,14H2,1H3. The SMILES string of the molecule is CCCCCCC(O)Cc1cccc2ccccc12. The highest BCUT2D eigenvalue weighted by atomic mass is 16.3. The van der Waals surface area contributed by atoms with Crippen LogP contribution < -0.4 is 0 Å². The van der Waals surface area contributed by atoms with Crippen LogP contribution in [0.5, 0.6) is 0 Å². The summed E-state index contributed by atoms with van der Waals surface area (Å²) in [6.45, 7) is 2.21. The molecular formula is C18H24O.